The number of para-hydroxylation sites is 1. The molecule has 0 unspecified atom stereocenters. The summed E-state index contributed by atoms with van der Waals surface area (Å²) in [7, 11) is -0.359. The minimum Gasteiger partial charge on any atom is -0.496 e. The number of benzene rings is 1. The number of ether oxygens (including phenoxy) is 1. The van der Waals surface area contributed by atoms with Crippen LogP contribution in [0.15, 0.2) is 48.8 Å². The summed E-state index contributed by atoms with van der Waals surface area (Å²) in [5.41, 5.74) is 1.77. The number of amides is 1. The van der Waals surface area contributed by atoms with Gasteiger partial charge in [0.1, 0.15) is 5.75 Å². The molecule has 2 rings (SSSR count). The first kappa shape index (κ1) is 20.9. The predicted octanol–water partition coefficient (Wildman–Crippen LogP) is 1.55. The Morgan fingerprint density at radius 3 is 2.44 bits per heavy atom. The fourth-order valence-electron chi connectivity index (χ4n) is 2.56. The van der Waals surface area contributed by atoms with Crippen LogP contribution in [-0.2, 0) is 27.8 Å². The number of hydrogen-bond acceptors (Lipinski definition) is 5. The van der Waals surface area contributed by atoms with E-state index in [2.05, 4.69) is 4.98 Å². The number of aromatic nitrogens is 1. The van der Waals surface area contributed by atoms with E-state index in [1.807, 2.05) is 18.2 Å². The van der Waals surface area contributed by atoms with Gasteiger partial charge in [-0.15, -0.1) is 0 Å². The van der Waals surface area contributed by atoms with Crippen molar-refractivity contribution in [2.45, 2.75) is 13.0 Å². The first-order valence-corrected chi connectivity index (χ1v) is 10.4. The summed E-state index contributed by atoms with van der Waals surface area (Å²) in [5.74, 6) is 0.328. The lowest BCUT2D eigenvalue weighted by Crippen LogP contribution is -2.41. The average Bonchev–Trinajstić information content (AvgIpc) is 2.66. The van der Waals surface area contributed by atoms with Crippen molar-refractivity contribution in [1.29, 1.82) is 0 Å². The molecular weight excluding hydrogens is 366 g/mol. The van der Waals surface area contributed by atoms with Crippen molar-refractivity contribution in [2.24, 2.45) is 0 Å². The first-order valence-electron chi connectivity index (χ1n) is 8.51. The van der Waals surface area contributed by atoms with E-state index in [9.17, 15) is 13.2 Å². The molecule has 0 aliphatic heterocycles. The van der Waals surface area contributed by atoms with Gasteiger partial charge in [-0.1, -0.05) is 18.2 Å². The molecule has 1 aromatic carbocycles. The van der Waals surface area contributed by atoms with Gasteiger partial charge in [0.25, 0.3) is 0 Å². The summed E-state index contributed by atoms with van der Waals surface area (Å²) < 4.78 is 30.8. The molecule has 0 radical (unpaired) electrons. The van der Waals surface area contributed by atoms with E-state index in [4.69, 9.17) is 4.74 Å². The fourth-order valence-corrected chi connectivity index (χ4v) is 3.28. The van der Waals surface area contributed by atoms with Gasteiger partial charge in [0, 0.05) is 38.1 Å². The van der Waals surface area contributed by atoms with Gasteiger partial charge in [-0.05, 0) is 30.2 Å². The Labute approximate surface area is 160 Å². The maximum Gasteiger partial charge on any atom is 0.237 e. The number of carbonyl (C=O) groups excluding carboxylic acids is 1. The number of methoxy groups -OCH3 is 1. The van der Waals surface area contributed by atoms with Crippen molar-refractivity contribution >= 4 is 15.9 Å². The number of likely N-dealkylation sites (N-methyl/N-ethyl adjacent to an activating group) is 1. The van der Waals surface area contributed by atoms with Crippen LogP contribution < -0.4 is 4.74 Å². The molecule has 8 heteroatoms. The van der Waals surface area contributed by atoms with E-state index in [0.717, 1.165) is 16.1 Å². The number of pyridine rings is 1. The quantitative estimate of drug-likeness (QED) is 0.648. The molecule has 0 saturated carbocycles. The van der Waals surface area contributed by atoms with Crippen molar-refractivity contribution in [2.75, 3.05) is 33.5 Å². The van der Waals surface area contributed by atoms with Crippen LogP contribution in [0.4, 0.5) is 0 Å². The monoisotopic (exact) mass is 391 g/mol. The summed E-state index contributed by atoms with van der Waals surface area (Å²) in [5, 5.41) is 0. The van der Waals surface area contributed by atoms with Gasteiger partial charge in [-0.25, -0.2) is 8.42 Å². The first-order chi connectivity index (χ1) is 12.8. The third kappa shape index (κ3) is 6.33. The highest BCUT2D eigenvalue weighted by Gasteiger charge is 2.23. The maximum atomic E-state index is 12.5. The summed E-state index contributed by atoms with van der Waals surface area (Å²) in [4.78, 5) is 18.0. The number of hydrogen-bond donors (Lipinski definition) is 0. The topological polar surface area (TPSA) is 79.8 Å². The van der Waals surface area contributed by atoms with E-state index in [1.54, 1.807) is 42.5 Å². The minimum atomic E-state index is -3.56. The summed E-state index contributed by atoms with van der Waals surface area (Å²) in [6.45, 7) is 0.353. The molecular formula is C19H25N3O4S. The second kappa shape index (κ2) is 9.48. The molecule has 1 heterocycles. The SMILES string of the molecule is COc1ccccc1CN(CC(=O)N(C)CCc1ccncc1)S(C)(=O)=O. The molecule has 1 aromatic heterocycles. The Kier molecular flexibility index (Phi) is 7.32. The average molecular weight is 391 g/mol. The molecule has 0 fully saturated rings. The predicted molar refractivity (Wildman–Crippen MR) is 104 cm³/mol. The standard InChI is InChI=1S/C19H25N3O4S/c1-21(13-10-16-8-11-20-12-9-16)19(23)15-22(27(3,24)25)14-17-6-4-5-7-18(17)26-2/h4-9,11-12H,10,13-15H2,1-3H3. The third-order valence-electron chi connectivity index (χ3n) is 4.23. The van der Waals surface area contributed by atoms with Crippen molar-refractivity contribution < 1.29 is 17.9 Å². The van der Waals surface area contributed by atoms with Crippen LogP contribution in [0.2, 0.25) is 0 Å². The van der Waals surface area contributed by atoms with Gasteiger partial charge in [0.15, 0.2) is 0 Å². The van der Waals surface area contributed by atoms with Crippen molar-refractivity contribution in [3.8, 4) is 5.75 Å². The molecule has 0 atom stereocenters. The van der Waals surface area contributed by atoms with E-state index in [0.29, 0.717) is 24.3 Å². The van der Waals surface area contributed by atoms with Crippen LogP contribution in [0.25, 0.3) is 0 Å². The molecule has 1 amide bonds. The van der Waals surface area contributed by atoms with E-state index < -0.39 is 10.0 Å². The Balaban J connectivity index is 2.03. The van der Waals surface area contributed by atoms with Crippen LogP contribution in [0.5, 0.6) is 5.75 Å². The lowest BCUT2D eigenvalue weighted by atomic mass is 10.2. The van der Waals surface area contributed by atoms with Gasteiger partial charge < -0.3 is 9.64 Å². The molecule has 0 N–H and O–H groups in total. The van der Waals surface area contributed by atoms with Crippen LogP contribution in [0, 0.1) is 0 Å². The second-order valence-electron chi connectivity index (χ2n) is 6.26. The highest BCUT2D eigenvalue weighted by Crippen LogP contribution is 2.20. The van der Waals surface area contributed by atoms with Crippen molar-refractivity contribution in [1.82, 2.24) is 14.2 Å². The summed E-state index contributed by atoms with van der Waals surface area (Å²) >= 11 is 0. The molecule has 0 aliphatic carbocycles. The lowest BCUT2D eigenvalue weighted by molar-refractivity contribution is -0.130. The second-order valence-corrected chi connectivity index (χ2v) is 8.25. The Hall–Kier alpha value is -2.45. The Morgan fingerprint density at radius 1 is 1.15 bits per heavy atom. The molecule has 0 bridgehead atoms. The number of rotatable bonds is 9. The third-order valence-corrected chi connectivity index (χ3v) is 5.43. The number of nitrogens with zero attached hydrogens (tertiary/aromatic N) is 3. The smallest absolute Gasteiger partial charge is 0.237 e. The Morgan fingerprint density at radius 2 is 1.81 bits per heavy atom. The molecule has 0 spiro atoms. The maximum absolute atomic E-state index is 12.5. The van der Waals surface area contributed by atoms with Gasteiger partial charge in [0.2, 0.25) is 15.9 Å². The molecule has 146 valence electrons. The van der Waals surface area contributed by atoms with Crippen molar-refractivity contribution in [3.05, 3.63) is 59.9 Å². The largest absolute Gasteiger partial charge is 0.496 e. The van der Waals surface area contributed by atoms with E-state index >= 15 is 0 Å². The van der Waals surface area contributed by atoms with E-state index in [-0.39, 0.29) is 19.0 Å². The fraction of sp³-hybridized carbons (Fsp3) is 0.368. The van der Waals surface area contributed by atoms with Crippen molar-refractivity contribution in [3.63, 3.8) is 0 Å². The zero-order valence-electron chi connectivity index (χ0n) is 15.8. The van der Waals surface area contributed by atoms with Gasteiger partial charge in [-0.2, -0.15) is 4.31 Å². The van der Waals surface area contributed by atoms with Gasteiger partial charge in [0.05, 0.1) is 19.9 Å². The molecule has 2 aromatic rings. The highest BCUT2D eigenvalue weighted by atomic mass is 32.2. The summed E-state index contributed by atoms with van der Waals surface area (Å²) in [6, 6.07) is 10.9. The highest BCUT2D eigenvalue weighted by molar-refractivity contribution is 7.88. The van der Waals surface area contributed by atoms with Crippen LogP contribution in [0.3, 0.4) is 0 Å². The lowest BCUT2D eigenvalue weighted by Gasteiger charge is -2.24. The Bertz CT molecular complexity index is 856. The zero-order chi connectivity index (χ0) is 19.9. The molecule has 0 saturated heterocycles. The van der Waals surface area contributed by atoms with Gasteiger partial charge in [-0.3, -0.25) is 9.78 Å². The summed E-state index contributed by atoms with van der Waals surface area (Å²) in [6.07, 6.45) is 5.19. The van der Waals surface area contributed by atoms with Crippen LogP contribution >= 0.6 is 0 Å². The van der Waals surface area contributed by atoms with E-state index in [1.165, 1.54) is 7.11 Å². The van der Waals surface area contributed by atoms with Gasteiger partial charge >= 0.3 is 0 Å². The minimum absolute atomic E-state index is 0.0762. The molecule has 7 nitrogen and oxygen atoms in total. The van der Waals surface area contributed by atoms with Crippen LogP contribution in [0.1, 0.15) is 11.1 Å². The zero-order valence-corrected chi connectivity index (χ0v) is 16.6. The molecule has 0 aliphatic rings. The van der Waals surface area contributed by atoms with Crippen LogP contribution in [-0.4, -0.2) is 62.0 Å². The number of carbonyl (C=O) groups is 1. The normalized spacial score (nSPS) is 11.4. The number of sulfonamides is 1. The molecule has 27 heavy (non-hydrogen) atoms.